The van der Waals surface area contributed by atoms with Crippen LogP contribution in [0.3, 0.4) is 0 Å². The molecule has 84 valence electrons. The lowest BCUT2D eigenvalue weighted by atomic mass is 10.1. The van der Waals surface area contributed by atoms with Crippen molar-refractivity contribution >= 4 is 0 Å². The van der Waals surface area contributed by atoms with Crippen molar-refractivity contribution in [1.29, 1.82) is 0 Å². The molecule has 0 aliphatic heterocycles. The van der Waals surface area contributed by atoms with Crippen molar-refractivity contribution in [2.45, 2.75) is 40.2 Å². The molecule has 0 heterocycles. The maximum atomic E-state index is 5.92. The average Bonchev–Trinajstić information content (AvgIpc) is 2.19. The maximum absolute atomic E-state index is 5.92. The Labute approximate surface area is 92.4 Å². The highest BCUT2D eigenvalue weighted by atomic mass is 16.5. The molecule has 0 aliphatic rings. The van der Waals surface area contributed by atoms with Crippen molar-refractivity contribution in [2.75, 3.05) is 6.54 Å². The molecule has 2 nitrogen and oxygen atoms in total. The Bertz CT molecular complexity index is 334. The van der Waals surface area contributed by atoms with E-state index in [0.717, 1.165) is 12.2 Å². The van der Waals surface area contributed by atoms with E-state index in [1.807, 2.05) is 0 Å². The molecule has 0 bridgehead atoms. The van der Waals surface area contributed by atoms with Crippen molar-refractivity contribution in [3.05, 3.63) is 28.8 Å². The van der Waals surface area contributed by atoms with Gasteiger partial charge >= 0.3 is 0 Å². The average molecular weight is 207 g/mol. The molecule has 0 saturated heterocycles. The zero-order valence-electron chi connectivity index (χ0n) is 10.1. The van der Waals surface area contributed by atoms with Crippen molar-refractivity contribution in [2.24, 2.45) is 5.73 Å². The van der Waals surface area contributed by atoms with E-state index in [9.17, 15) is 0 Å². The lowest BCUT2D eigenvalue weighted by Crippen LogP contribution is -2.18. The predicted octanol–water partition coefficient (Wildman–Crippen LogP) is 2.73. The van der Waals surface area contributed by atoms with Gasteiger partial charge in [-0.25, -0.2) is 0 Å². The van der Waals surface area contributed by atoms with Gasteiger partial charge in [0.1, 0.15) is 5.75 Å². The maximum Gasteiger partial charge on any atom is 0.125 e. The molecule has 0 amide bonds. The third kappa shape index (κ3) is 2.96. The van der Waals surface area contributed by atoms with Crippen molar-refractivity contribution < 1.29 is 4.74 Å². The first-order chi connectivity index (χ1) is 7.06. The fraction of sp³-hybridized carbons (Fsp3) is 0.538. The summed E-state index contributed by atoms with van der Waals surface area (Å²) in [4.78, 5) is 0. The summed E-state index contributed by atoms with van der Waals surface area (Å²) in [5.41, 5.74) is 9.21. The second-order valence-electron chi connectivity index (χ2n) is 4.16. The Morgan fingerprint density at radius 1 is 1.20 bits per heavy atom. The van der Waals surface area contributed by atoms with Gasteiger partial charge in [-0.1, -0.05) is 12.1 Å². The Morgan fingerprint density at radius 3 is 2.40 bits per heavy atom. The van der Waals surface area contributed by atoms with E-state index in [1.165, 1.54) is 16.7 Å². The highest BCUT2D eigenvalue weighted by molar-refractivity contribution is 5.44. The summed E-state index contributed by atoms with van der Waals surface area (Å²) in [6, 6.07) is 4.23. The third-order valence-electron chi connectivity index (χ3n) is 2.77. The number of ether oxygens (including phenoxy) is 1. The molecule has 0 spiro atoms. The van der Waals surface area contributed by atoms with Gasteiger partial charge in [-0.05, 0) is 57.4 Å². The van der Waals surface area contributed by atoms with Crippen LogP contribution in [0.2, 0.25) is 0 Å². The lowest BCUT2D eigenvalue weighted by Gasteiger charge is -2.18. The molecule has 2 N–H and O–H groups in total. The van der Waals surface area contributed by atoms with Gasteiger partial charge in [-0.3, -0.25) is 0 Å². The monoisotopic (exact) mass is 207 g/mol. The van der Waals surface area contributed by atoms with Gasteiger partial charge in [0, 0.05) is 0 Å². The minimum absolute atomic E-state index is 0.189. The van der Waals surface area contributed by atoms with Crippen LogP contribution in [0.15, 0.2) is 12.1 Å². The topological polar surface area (TPSA) is 35.2 Å². The minimum Gasteiger partial charge on any atom is -0.490 e. The molecule has 0 radical (unpaired) electrons. The van der Waals surface area contributed by atoms with Crippen molar-refractivity contribution in [3.63, 3.8) is 0 Å². The Hall–Kier alpha value is -1.02. The van der Waals surface area contributed by atoms with Gasteiger partial charge in [-0.15, -0.1) is 0 Å². The molecule has 1 atom stereocenters. The number of rotatable bonds is 4. The van der Waals surface area contributed by atoms with E-state index in [2.05, 4.69) is 39.8 Å². The Kier molecular flexibility index (Phi) is 4.15. The van der Waals surface area contributed by atoms with Gasteiger partial charge in [0.15, 0.2) is 0 Å². The normalized spacial score (nSPS) is 12.6. The SMILES string of the molecule is Cc1ccc(C)c(OC(C)CCN)c1C. The fourth-order valence-electron chi connectivity index (χ4n) is 1.60. The smallest absolute Gasteiger partial charge is 0.125 e. The van der Waals surface area contributed by atoms with Gasteiger partial charge in [0.2, 0.25) is 0 Å². The molecule has 15 heavy (non-hydrogen) atoms. The first-order valence-electron chi connectivity index (χ1n) is 5.49. The van der Waals surface area contributed by atoms with E-state index in [1.54, 1.807) is 0 Å². The van der Waals surface area contributed by atoms with E-state index >= 15 is 0 Å². The molecule has 0 aromatic heterocycles. The lowest BCUT2D eigenvalue weighted by molar-refractivity contribution is 0.211. The highest BCUT2D eigenvalue weighted by Gasteiger charge is 2.09. The quantitative estimate of drug-likeness (QED) is 0.824. The van der Waals surface area contributed by atoms with Crippen LogP contribution >= 0.6 is 0 Å². The van der Waals surface area contributed by atoms with Gasteiger partial charge in [0.25, 0.3) is 0 Å². The van der Waals surface area contributed by atoms with Crippen LogP contribution in [0.5, 0.6) is 5.75 Å². The first kappa shape index (κ1) is 12.1. The summed E-state index contributed by atoms with van der Waals surface area (Å²) < 4.78 is 5.92. The first-order valence-corrected chi connectivity index (χ1v) is 5.49. The standard InChI is InChI=1S/C13H21NO/c1-9-5-6-10(2)13(12(9)4)15-11(3)7-8-14/h5-6,11H,7-8,14H2,1-4H3. The fourth-order valence-corrected chi connectivity index (χ4v) is 1.60. The number of hydrogen-bond acceptors (Lipinski definition) is 2. The van der Waals surface area contributed by atoms with Crippen LogP contribution in [-0.4, -0.2) is 12.6 Å². The predicted molar refractivity (Wildman–Crippen MR) is 64.4 cm³/mol. The molecular weight excluding hydrogens is 186 g/mol. The van der Waals surface area contributed by atoms with E-state index < -0.39 is 0 Å². The summed E-state index contributed by atoms with van der Waals surface area (Å²) in [6.45, 7) is 9.03. The van der Waals surface area contributed by atoms with Crippen LogP contribution in [0.4, 0.5) is 0 Å². The molecular formula is C13H21NO. The zero-order valence-corrected chi connectivity index (χ0v) is 10.1. The van der Waals surface area contributed by atoms with Crippen molar-refractivity contribution in [3.8, 4) is 5.75 Å². The zero-order chi connectivity index (χ0) is 11.4. The van der Waals surface area contributed by atoms with Gasteiger partial charge in [-0.2, -0.15) is 0 Å². The molecule has 0 saturated carbocycles. The van der Waals surface area contributed by atoms with Gasteiger partial charge in [0.05, 0.1) is 6.10 Å². The van der Waals surface area contributed by atoms with Gasteiger partial charge < -0.3 is 10.5 Å². The summed E-state index contributed by atoms with van der Waals surface area (Å²) in [6.07, 6.45) is 1.08. The summed E-state index contributed by atoms with van der Waals surface area (Å²) >= 11 is 0. The number of nitrogens with two attached hydrogens (primary N) is 1. The second kappa shape index (κ2) is 5.17. The molecule has 1 aromatic carbocycles. The number of aryl methyl sites for hydroxylation is 2. The van der Waals surface area contributed by atoms with Crippen molar-refractivity contribution in [1.82, 2.24) is 0 Å². The van der Waals surface area contributed by atoms with Crippen LogP contribution in [0, 0.1) is 20.8 Å². The summed E-state index contributed by atoms with van der Waals surface area (Å²) in [7, 11) is 0. The summed E-state index contributed by atoms with van der Waals surface area (Å²) in [5, 5.41) is 0. The van der Waals surface area contributed by atoms with Crippen LogP contribution in [0.1, 0.15) is 30.0 Å². The number of hydrogen-bond donors (Lipinski definition) is 1. The van der Waals surface area contributed by atoms with Crippen LogP contribution in [0.25, 0.3) is 0 Å². The van der Waals surface area contributed by atoms with Crippen LogP contribution in [-0.2, 0) is 0 Å². The molecule has 0 aliphatic carbocycles. The van der Waals surface area contributed by atoms with E-state index in [4.69, 9.17) is 10.5 Å². The molecule has 0 fully saturated rings. The minimum atomic E-state index is 0.189. The second-order valence-corrected chi connectivity index (χ2v) is 4.16. The highest BCUT2D eigenvalue weighted by Crippen LogP contribution is 2.26. The number of benzene rings is 1. The molecule has 1 unspecified atom stereocenters. The molecule has 1 rings (SSSR count). The molecule has 1 aromatic rings. The summed E-state index contributed by atoms with van der Waals surface area (Å²) in [5.74, 6) is 1.02. The Morgan fingerprint density at radius 2 is 1.80 bits per heavy atom. The molecule has 2 heteroatoms. The van der Waals surface area contributed by atoms with E-state index in [0.29, 0.717) is 6.54 Å². The third-order valence-corrected chi connectivity index (χ3v) is 2.77. The van der Waals surface area contributed by atoms with Crippen LogP contribution < -0.4 is 10.5 Å². The largest absolute Gasteiger partial charge is 0.490 e. The van der Waals surface area contributed by atoms with E-state index in [-0.39, 0.29) is 6.10 Å². The Balaban J connectivity index is 2.88.